The van der Waals surface area contributed by atoms with Crippen molar-refractivity contribution < 1.29 is 9.59 Å². The Morgan fingerprint density at radius 2 is 1.94 bits per heavy atom. The first-order chi connectivity index (χ1) is 7.99. The van der Waals surface area contributed by atoms with Crippen LogP contribution in [0.3, 0.4) is 0 Å². The number of halogens is 2. The van der Waals surface area contributed by atoms with Crippen LogP contribution in [0.5, 0.6) is 0 Å². The van der Waals surface area contributed by atoms with Gasteiger partial charge >= 0.3 is 0 Å². The van der Waals surface area contributed by atoms with Crippen molar-refractivity contribution in [3.05, 3.63) is 39.9 Å². The Morgan fingerprint density at radius 3 is 2.53 bits per heavy atom. The molecule has 0 saturated carbocycles. The highest BCUT2D eigenvalue weighted by molar-refractivity contribution is 6.35. The Morgan fingerprint density at radius 1 is 1.24 bits per heavy atom. The van der Waals surface area contributed by atoms with Gasteiger partial charge in [0.15, 0.2) is 0 Å². The zero-order valence-electron chi connectivity index (χ0n) is 8.96. The highest BCUT2D eigenvalue weighted by Crippen LogP contribution is 2.21. The lowest BCUT2D eigenvalue weighted by molar-refractivity contribution is -0.125. The zero-order chi connectivity index (χ0) is 12.8. The Hall–Kier alpha value is -1.52. The molecule has 0 radical (unpaired) electrons. The van der Waals surface area contributed by atoms with Crippen LogP contribution in [-0.4, -0.2) is 11.8 Å². The van der Waals surface area contributed by atoms with E-state index in [0.717, 1.165) is 0 Å². The third-order valence-electron chi connectivity index (χ3n) is 1.74. The molecule has 1 rings (SSSR count). The van der Waals surface area contributed by atoms with Crippen LogP contribution in [0.4, 0.5) is 0 Å². The van der Waals surface area contributed by atoms with E-state index in [1.54, 1.807) is 18.2 Å². The number of hydrazine groups is 1. The van der Waals surface area contributed by atoms with E-state index in [1.807, 2.05) is 0 Å². The lowest BCUT2D eigenvalue weighted by Gasteiger charge is -2.01. The van der Waals surface area contributed by atoms with Gasteiger partial charge in [-0.25, -0.2) is 0 Å². The number of hydrogen-bond donors (Lipinski definition) is 2. The third-order valence-corrected chi connectivity index (χ3v) is 2.30. The molecule has 4 nitrogen and oxygen atoms in total. The van der Waals surface area contributed by atoms with E-state index in [2.05, 4.69) is 10.9 Å². The van der Waals surface area contributed by atoms with Gasteiger partial charge in [0.05, 0.1) is 0 Å². The molecule has 1 aromatic carbocycles. The van der Waals surface area contributed by atoms with Gasteiger partial charge in [-0.3, -0.25) is 20.4 Å². The van der Waals surface area contributed by atoms with Crippen molar-refractivity contribution in [3.63, 3.8) is 0 Å². The Kier molecular flexibility index (Phi) is 5.00. The molecule has 17 heavy (non-hydrogen) atoms. The Labute approximate surface area is 109 Å². The number of carbonyl (C=O) groups excluding carboxylic acids is 2. The van der Waals surface area contributed by atoms with Crippen molar-refractivity contribution in [2.75, 3.05) is 0 Å². The second-order valence-electron chi connectivity index (χ2n) is 3.17. The van der Waals surface area contributed by atoms with Crippen LogP contribution >= 0.6 is 23.2 Å². The van der Waals surface area contributed by atoms with Crippen molar-refractivity contribution in [3.8, 4) is 0 Å². The molecule has 0 saturated heterocycles. The number of carbonyl (C=O) groups is 2. The summed E-state index contributed by atoms with van der Waals surface area (Å²) in [5.74, 6) is -0.803. The molecule has 2 amide bonds. The van der Waals surface area contributed by atoms with E-state index >= 15 is 0 Å². The van der Waals surface area contributed by atoms with Crippen LogP contribution < -0.4 is 10.9 Å². The highest BCUT2D eigenvalue weighted by Gasteiger charge is 1.99. The van der Waals surface area contributed by atoms with E-state index in [1.165, 1.54) is 19.1 Å². The molecule has 0 aliphatic carbocycles. The van der Waals surface area contributed by atoms with Crippen molar-refractivity contribution in [1.82, 2.24) is 10.9 Å². The average molecular weight is 273 g/mol. The van der Waals surface area contributed by atoms with E-state index < -0.39 is 5.91 Å². The molecule has 1 aromatic rings. The molecule has 0 aliphatic heterocycles. The highest BCUT2D eigenvalue weighted by atomic mass is 35.5. The second kappa shape index (κ2) is 6.27. The first-order valence-corrected chi connectivity index (χ1v) is 5.44. The molecule has 0 bridgehead atoms. The summed E-state index contributed by atoms with van der Waals surface area (Å²) in [5.41, 5.74) is 5.01. The number of hydrogen-bond acceptors (Lipinski definition) is 2. The SMILES string of the molecule is CC(=O)NNC(=O)/C=C/c1ccc(Cl)cc1Cl. The minimum Gasteiger partial charge on any atom is -0.274 e. The maximum Gasteiger partial charge on any atom is 0.262 e. The molecule has 0 aromatic heterocycles. The van der Waals surface area contributed by atoms with Gasteiger partial charge in [0.2, 0.25) is 5.91 Å². The van der Waals surface area contributed by atoms with Gasteiger partial charge < -0.3 is 0 Å². The lowest BCUT2D eigenvalue weighted by atomic mass is 10.2. The minimum absolute atomic E-state index is 0.351. The molecule has 0 atom stereocenters. The number of nitrogens with one attached hydrogen (secondary N) is 2. The predicted molar refractivity (Wildman–Crippen MR) is 67.5 cm³/mol. The molecule has 0 aliphatic rings. The fourth-order valence-electron chi connectivity index (χ4n) is 0.993. The molecule has 0 heterocycles. The summed E-state index contributed by atoms with van der Waals surface area (Å²) in [4.78, 5) is 21.7. The fourth-order valence-corrected chi connectivity index (χ4v) is 1.46. The van der Waals surface area contributed by atoms with Crippen LogP contribution in [0.1, 0.15) is 12.5 Å². The predicted octanol–water partition coefficient (Wildman–Crippen LogP) is 2.17. The average Bonchev–Trinajstić information content (AvgIpc) is 2.25. The summed E-state index contributed by atoms with van der Waals surface area (Å²) in [6.07, 6.45) is 2.78. The van der Waals surface area contributed by atoms with Crippen LogP contribution in [0.2, 0.25) is 10.0 Å². The van der Waals surface area contributed by atoms with Gasteiger partial charge in [-0.05, 0) is 23.8 Å². The molecular formula is C11H10Cl2N2O2. The molecule has 0 spiro atoms. The summed E-state index contributed by atoms with van der Waals surface area (Å²) in [7, 11) is 0. The minimum atomic E-state index is -0.453. The number of benzene rings is 1. The number of amides is 2. The van der Waals surface area contributed by atoms with Gasteiger partial charge in [0.25, 0.3) is 5.91 Å². The first-order valence-electron chi connectivity index (χ1n) is 4.68. The topological polar surface area (TPSA) is 58.2 Å². The third kappa shape index (κ3) is 4.89. The monoisotopic (exact) mass is 272 g/mol. The van der Waals surface area contributed by atoms with E-state index in [-0.39, 0.29) is 5.91 Å². The molecular weight excluding hydrogens is 263 g/mol. The summed E-state index contributed by atoms with van der Waals surface area (Å²) in [6, 6.07) is 4.93. The van der Waals surface area contributed by atoms with Gasteiger partial charge in [0, 0.05) is 23.0 Å². The summed E-state index contributed by atoms with van der Waals surface area (Å²) in [5, 5.41) is 0.968. The van der Waals surface area contributed by atoms with E-state index in [9.17, 15) is 9.59 Å². The Bertz CT molecular complexity index is 473. The van der Waals surface area contributed by atoms with Crippen molar-refractivity contribution in [2.45, 2.75) is 6.92 Å². The summed E-state index contributed by atoms with van der Waals surface area (Å²) >= 11 is 11.6. The molecule has 0 fully saturated rings. The Balaban J connectivity index is 2.64. The molecule has 6 heteroatoms. The normalized spacial score (nSPS) is 10.3. The van der Waals surface area contributed by atoms with Crippen LogP contribution in [0.15, 0.2) is 24.3 Å². The maximum absolute atomic E-state index is 11.2. The first kappa shape index (κ1) is 13.5. The van der Waals surface area contributed by atoms with Crippen LogP contribution in [0, 0.1) is 0 Å². The van der Waals surface area contributed by atoms with Crippen LogP contribution in [0.25, 0.3) is 6.08 Å². The van der Waals surface area contributed by atoms with Crippen molar-refractivity contribution in [1.29, 1.82) is 0 Å². The number of rotatable bonds is 2. The van der Waals surface area contributed by atoms with E-state index in [4.69, 9.17) is 23.2 Å². The van der Waals surface area contributed by atoms with Gasteiger partial charge in [-0.15, -0.1) is 0 Å². The van der Waals surface area contributed by atoms with Crippen molar-refractivity contribution in [2.24, 2.45) is 0 Å². The molecule has 2 N–H and O–H groups in total. The lowest BCUT2D eigenvalue weighted by Crippen LogP contribution is -2.39. The quantitative estimate of drug-likeness (QED) is 0.641. The smallest absolute Gasteiger partial charge is 0.262 e. The fraction of sp³-hybridized carbons (Fsp3) is 0.0909. The van der Waals surface area contributed by atoms with Gasteiger partial charge in [-0.2, -0.15) is 0 Å². The summed E-state index contributed by atoms with van der Waals surface area (Å²) < 4.78 is 0. The zero-order valence-corrected chi connectivity index (χ0v) is 10.5. The maximum atomic E-state index is 11.2. The van der Waals surface area contributed by atoms with Crippen molar-refractivity contribution >= 4 is 41.1 Å². The molecule has 0 unspecified atom stereocenters. The second-order valence-corrected chi connectivity index (χ2v) is 4.01. The standard InChI is InChI=1S/C11H10Cl2N2O2/c1-7(16)14-15-11(17)5-3-8-2-4-9(12)6-10(8)13/h2-6H,1H3,(H,14,16)(H,15,17)/b5-3+. The summed E-state index contributed by atoms with van der Waals surface area (Å²) in [6.45, 7) is 1.29. The van der Waals surface area contributed by atoms with Crippen LogP contribution in [-0.2, 0) is 9.59 Å². The van der Waals surface area contributed by atoms with Gasteiger partial charge in [0.1, 0.15) is 0 Å². The largest absolute Gasteiger partial charge is 0.274 e. The molecule has 90 valence electrons. The van der Waals surface area contributed by atoms with Gasteiger partial charge in [-0.1, -0.05) is 29.3 Å². The van der Waals surface area contributed by atoms with E-state index in [0.29, 0.717) is 15.6 Å².